The van der Waals surface area contributed by atoms with Crippen LogP contribution in [0.25, 0.3) is 5.65 Å². The highest BCUT2D eigenvalue weighted by Gasteiger charge is 2.08. The van der Waals surface area contributed by atoms with Crippen molar-refractivity contribution in [3.8, 4) is 0 Å². The number of aliphatic carboxylic acids is 1. The maximum atomic E-state index is 10.8. The van der Waals surface area contributed by atoms with E-state index in [1.54, 1.807) is 6.20 Å². The molecule has 3 aromatic rings. The van der Waals surface area contributed by atoms with E-state index in [2.05, 4.69) is 22.0 Å². The molecule has 22 heavy (non-hydrogen) atoms. The van der Waals surface area contributed by atoms with Crippen molar-refractivity contribution in [2.24, 2.45) is 0 Å². The van der Waals surface area contributed by atoms with Gasteiger partial charge in [0, 0.05) is 26.0 Å². The average Bonchev–Trinajstić information content (AvgIpc) is 2.88. The first-order chi connectivity index (χ1) is 10.6. The molecule has 0 atom stereocenters. The topological polar surface area (TPSA) is 57.8 Å². The average molecular weight is 295 g/mol. The van der Waals surface area contributed by atoms with Crippen LogP contribution in [0.15, 0.2) is 54.9 Å². The first kappa shape index (κ1) is 14.1. The van der Waals surface area contributed by atoms with Crippen molar-refractivity contribution in [3.63, 3.8) is 0 Å². The lowest BCUT2D eigenvalue weighted by Crippen LogP contribution is -2.16. The van der Waals surface area contributed by atoms with Crippen LogP contribution < -0.4 is 4.90 Å². The molecule has 1 aromatic carbocycles. The molecule has 2 heterocycles. The van der Waals surface area contributed by atoms with E-state index in [9.17, 15) is 4.79 Å². The van der Waals surface area contributed by atoms with Crippen molar-refractivity contribution in [3.05, 3.63) is 66.1 Å². The third-order valence-corrected chi connectivity index (χ3v) is 3.52. The SMILES string of the molecule is CN(Cc1ccccc1)c1ccc2nc(CC(=O)O)cn2c1. The Morgan fingerprint density at radius 2 is 1.95 bits per heavy atom. The second-order valence-corrected chi connectivity index (χ2v) is 5.30. The van der Waals surface area contributed by atoms with E-state index in [4.69, 9.17) is 5.11 Å². The minimum Gasteiger partial charge on any atom is -0.481 e. The zero-order chi connectivity index (χ0) is 15.5. The van der Waals surface area contributed by atoms with E-state index in [0.717, 1.165) is 17.9 Å². The minimum atomic E-state index is -0.871. The number of imidazole rings is 1. The molecule has 3 rings (SSSR count). The van der Waals surface area contributed by atoms with Crippen molar-refractivity contribution < 1.29 is 9.90 Å². The van der Waals surface area contributed by atoms with Gasteiger partial charge < -0.3 is 14.4 Å². The Kier molecular flexibility index (Phi) is 3.78. The van der Waals surface area contributed by atoms with Gasteiger partial charge in [-0.25, -0.2) is 4.98 Å². The maximum absolute atomic E-state index is 10.8. The molecule has 0 unspecified atom stereocenters. The standard InChI is InChI=1S/C17H17N3O2/c1-19(10-13-5-3-2-4-6-13)15-7-8-16-18-14(9-17(21)22)11-20(16)12-15/h2-8,11-12H,9-10H2,1H3,(H,21,22). The molecular weight excluding hydrogens is 278 g/mol. The molecule has 2 aromatic heterocycles. The first-order valence-electron chi connectivity index (χ1n) is 7.06. The van der Waals surface area contributed by atoms with E-state index in [1.165, 1.54) is 5.56 Å². The van der Waals surface area contributed by atoms with Crippen molar-refractivity contribution in [1.29, 1.82) is 0 Å². The number of fused-ring (bicyclic) bond motifs is 1. The maximum Gasteiger partial charge on any atom is 0.309 e. The summed E-state index contributed by atoms with van der Waals surface area (Å²) in [7, 11) is 2.03. The molecule has 5 heteroatoms. The van der Waals surface area contributed by atoms with Gasteiger partial charge in [-0.1, -0.05) is 30.3 Å². The fourth-order valence-corrected chi connectivity index (χ4v) is 2.45. The summed E-state index contributed by atoms with van der Waals surface area (Å²) in [6.45, 7) is 0.809. The molecule has 0 aliphatic heterocycles. The number of carboxylic acids is 1. The quantitative estimate of drug-likeness (QED) is 0.786. The van der Waals surface area contributed by atoms with Gasteiger partial charge in [-0.3, -0.25) is 4.79 Å². The van der Waals surface area contributed by atoms with Crippen LogP contribution in [-0.2, 0) is 17.8 Å². The number of hydrogen-bond acceptors (Lipinski definition) is 3. The number of anilines is 1. The molecule has 1 N–H and O–H groups in total. The van der Waals surface area contributed by atoms with Gasteiger partial charge in [0.25, 0.3) is 0 Å². The van der Waals surface area contributed by atoms with Gasteiger partial charge in [0.15, 0.2) is 0 Å². The molecule has 0 amide bonds. The van der Waals surface area contributed by atoms with Gasteiger partial charge in [0.05, 0.1) is 17.8 Å². The molecule has 112 valence electrons. The number of hydrogen-bond donors (Lipinski definition) is 1. The molecule has 5 nitrogen and oxygen atoms in total. The summed E-state index contributed by atoms with van der Waals surface area (Å²) >= 11 is 0. The fourth-order valence-electron chi connectivity index (χ4n) is 2.45. The predicted octanol–water partition coefficient (Wildman–Crippen LogP) is 2.60. The molecule has 0 fully saturated rings. The predicted molar refractivity (Wildman–Crippen MR) is 85.1 cm³/mol. The van der Waals surface area contributed by atoms with Crippen molar-refractivity contribution in [2.75, 3.05) is 11.9 Å². The van der Waals surface area contributed by atoms with Gasteiger partial charge in [-0.2, -0.15) is 0 Å². The lowest BCUT2D eigenvalue weighted by molar-refractivity contribution is -0.136. The van der Waals surface area contributed by atoms with Crippen molar-refractivity contribution in [2.45, 2.75) is 13.0 Å². The summed E-state index contributed by atoms with van der Waals surface area (Å²) in [6, 6.07) is 14.2. The summed E-state index contributed by atoms with van der Waals surface area (Å²) in [6.07, 6.45) is 3.68. The van der Waals surface area contributed by atoms with Crippen LogP contribution in [0, 0.1) is 0 Å². The molecule has 0 saturated heterocycles. The molecule has 0 spiro atoms. The first-order valence-corrected chi connectivity index (χ1v) is 7.06. The Hall–Kier alpha value is -2.82. The molecule has 0 bridgehead atoms. The molecule has 0 aliphatic rings. The van der Waals surface area contributed by atoms with Crippen LogP contribution in [0.2, 0.25) is 0 Å². The van der Waals surface area contributed by atoms with E-state index < -0.39 is 5.97 Å². The molecular formula is C17H17N3O2. The van der Waals surface area contributed by atoms with Gasteiger partial charge >= 0.3 is 5.97 Å². The van der Waals surface area contributed by atoms with Crippen LogP contribution in [0.5, 0.6) is 0 Å². The van der Waals surface area contributed by atoms with Crippen molar-refractivity contribution in [1.82, 2.24) is 9.38 Å². The third-order valence-electron chi connectivity index (χ3n) is 3.52. The number of benzene rings is 1. The zero-order valence-electron chi connectivity index (χ0n) is 12.3. The Morgan fingerprint density at radius 1 is 1.18 bits per heavy atom. The summed E-state index contributed by atoms with van der Waals surface area (Å²) in [5.74, 6) is -0.871. The highest BCUT2D eigenvalue weighted by Crippen LogP contribution is 2.17. The Balaban J connectivity index is 1.83. The van der Waals surface area contributed by atoms with Gasteiger partial charge in [0.1, 0.15) is 5.65 Å². The number of aromatic nitrogens is 2. The lowest BCUT2D eigenvalue weighted by Gasteiger charge is -2.19. The number of pyridine rings is 1. The molecule has 0 saturated carbocycles. The smallest absolute Gasteiger partial charge is 0.309 e. The van der Waals surface area contributed by atoms with Crippen LogP contribution in [0.4, 0.5) is 5.69 Å². The highest BCUT2D eigenvalue weighted by atomic mass is 16.4. The lowest BCUT2D eigenvalue weighted by atomic mass is 10.2. The largest absolute Gasteiger partial charge is 0.481 e. The molecule has 0 radical (unpaired) electrons. The summed E-state index contributed by atoms with van der Waals surface area (Å²) in [5.41, 5.74) is 3.61. The second kappa shape index (κ2) is 5.89. The van der Waals surface area contributed by atoms with Gasteiger partial charge in [-0.15, -0.1) is 0 Å². The monoisotopic (exact) mass is 295 g/mol. The van der Waals surface area contributed by atoms with Gasteiger partial charge in [0.2, 0.25) is 0 Å². The van der Waals surface area contributed by atoms with E-state index in [-0.39, 0.29) is 6.42 Å². The zero-order valence-corrected chi connectivity index (χ0v) is 12.3. The van der Waals surface area contributed by atoms with Crippen LogP contribution in [-0.4, -0.2) is 27.5 Å². The van der Waals surface area contributed by atoms with E-state index in [1.807, 2.05) is 48.0 Å². The Morgan fingerprint density at radius 3 is 2.68 bits per heavy atom. The number of rotatable bonds is 5. The Bertz CT molecular complexity index is 796. The van der Waals surface area contributed by atoms with Crippen LogP contribution in [0.1, 0.15) is 11.3 Å². The van der Waals surface area contributed by atoms with Crippen LogP contribution >= 0.6 is 0 Å². The van der Waals surface area contributed by atoms with E-state index >= 15 is 0 Å². The van der Waals surface area contributed by atoms with Crippen LogP contribution in [0.3, 0.4) is 0 Å². The summed E-state index contributed by atoms with van der Waals surface area (Å²) in [4.78, 5) is 17.2. The summed E-state index contributed by atoms with van der Waals surface area (Å²) < 4.78 is 1.87. The fraction of sp³-hybridized carbons (Fsp3) is 0.176. The Labute approximate surface area is 128 Å². The van der Waals surface area contributed by atoms with Gasteiger partial charge in [-0.05, 0) is 17.7 Å². The number of carbonyl (C=O) groups is 1. The minimum absolute atomic E-state index is 0.0587. The molecule has 0 aliphatic carbocycles. The highest BCUT2D eigenvalue weighted by molar-refractivity contribution is 5.70. The number of carboxylic acid groups (broad SMARTS) is 1. The number of nitrogens with zero attached hydrogens (tertiary/aromatic N) is 3. The normalized spacial score (nSPS) is 10.8. The summed E-state index contributed by atoms with van der Waals surface area (Å²) in [5, 5.41) is 8.84. The third kappa shape index (κ3) is 3.09. The second-order valence-electron chi connectivity index (χ2n) is 5.30. The van der Waals surface area contributed by atoms with E-state index in [0.29, 0.717) is 5.69 Å². The van der Waals surface area contributed by atoms with Crippen molar-refractivity contribution >= 4 is 17.3 Å².